The van der Waals surface area contributed by atoms with Crippen LogP contribution in [0.4, 0.5) is 4.79 Å². The molecular formula is C59H123NO4. The molecule has 0 atom stereocenters. The first-order valence-electron chi connectivity index (χ1n) is 28.8. The van der Waals surface area contributed by atoms with Gasteiger partial charge in [0, 0.05) is 19.8 Å². The Bertz CT molecular complexity index is 846. The van der Waals surface area contributed by atoms with Crippen LogP contribution in [0.5, 0.6) is 0 Å². The number of carboxylic acid groups (broad SMARTS) is 1. The smallest absolute Gasteiger partial charge is 0.404 e. The molecule has 0 fully saturated rings. The van der Waals surface area contributed by atoms with Crippen LogP contribution < -0.4 is 5.32 Å². The summed E-state index contributed by atoms with van der Waals surface area (Å²) >= 11 is 0. The second kappa shape index (κ2) is 51.6. The maximum absolute atomic E-state index is 11.3. The summed E-state index contributed by atoms with van der Waals surface area (Å²) in [6, 6.07) is 0.157. The zero-order valence-corrected chi connectivity index (χ0v) is 46.1. The molecule has 0 aliphatic carbocycles. The topological polar surface area (TPSA) is 78.8 Å². The highest BCUT2D eigenvalue weighted by Gasteiger charge is 2.30. The fourth-order valence-electron chi connectivity index (χ4n) is 10.00. The van der Waals surface area contributed by atoms with Gasteiger partial charge in [-0.3, -0.25) is 0 Å². The van der Waals surface area contributed by atoms with Crippen molar-refractivity contribution in [3.63, 3.8) is 0 Å². The Hall–Kier alpha value is -0.810. The van der Waals surface area contributed by atoms with Gasteiger partial charge in [-0.05, 0) is 63.2 Å². The molecule has 0 aliphatic heterocycles. The van der Waals surface area contributed by atoms with E-state index in [2.05, 4.69) is 74.6 Å². The van der Waals surface area contributed by atoms with E-state index >= 15 is 0 Å². The molecule has 0 heterocycles. The molecular weight excluding hydrogens is 787 g/mol. The Balaban J connectivity index is -0.00000163. The third-order valence-corrected chi connectivity index (χ3v) is 13.2. The minimum atomic E-state index is -0.843. The Morgan fingerprint density at radius 3 is 0.938 bits per heavy atom. The zero-order valence-electron chi connectivity index (χ0n) is 46.1. The summed E-state index contributed by atoms with van der Waals surface area (Å²) in [6.07, 6.45) is 54.9. The highest BCUT2D eigenvalue weighted by atomic mass is 16.5. The number of amides is 1. The van der Waals surface area contributed by atoms with Gasteiger partial charge in [-0.2, -0.15) is 0 Å². The Kier molecular flexibility index (Phi) is 54.4. The third-order valence-electron chi connectivity index (χ3n) is 13.2. The molecule has 0 rings (SSSR count). The van der Waals surface area contributed by atoms with Gasteiger partial charge in [0.2, 0.25) is 0 Å². The zero-order chi connectivity index (χ0) is 48.4. The Morgan fingerprint density at radius 1 is 0.438 bits per heavy atom. The molecule has 64 heavy (non-hydrogen) atoms. The van der Waals surface area contributed by atoms with Crippen LogP contribution in [-0.4, -0.2) is 41.7 Å². The van der Waals surface area contributed by atoms with Gasteiger partial charge in [0.1, 0.15) is 0 Å². The van der Waals surface area contributed by atoms with E-state index in [1.54, 1.807) is 0 Å². The SMILES string of the molecule is CC(C)CCOC(C)(C)CC(C)(C)CC(C)C.CCCCCCCCCCCCCCCCCCCCC(CCCCCCCCCCCCCCCCCCCC)NC(=O)O.CO. The van der Waals surface area contributed by atoms with Crippen LogP contribution in [0.3, 0.4) is 0 Å². The van der Waals surface area contributed by atoms with Gasteiger partial charge >= 0.3 is 6.09 Å². The van der Waals surface area contributed by atoms with Crippen LogP contribution in [0.25, 0.3) is 0 Å². The van der Waals surface area contributed by atoms with E-state index in [1.165, 1.54) is 238 Å². The number of unbranched alkanes of at least 4 members (excludes halogenated alkanes) is 34. The predicted octanol–water partition coefficient (Wildman–Crippen LogP) is 20.4. The van der Waals surface area contributed by atoms with Crippen LogP contribution >= 0.6 is 0 Å². The van der Waals surface area contributed by atoms with Crippen molar-refractivity contribution in [3.8, 4) is 0 Å². The Morgan fingerprint density at radius 2 is 0.703 bits per heavy atom. The summed E-state index contributed by atoms with van der Waals surface area (Å²) < 4.78 is 6.06. The summed E-state index contributed by atoms with van der Waals surface area (Å²) in [5.74, 6) is 1.49. The molecule has 0 bridgehead atoms. The van der Waals surface area contributed by atoms with Gasteiger partial charge < -0.3 is 20.3 Å². The number of hydrogen-bond acceptors (Lipinski definition) is 3. The maximum Gasteiger partial charge on any atom is 0.404 e. The van der Waals surface area contributed by atoms with E-state index in [0.717, 1.165) is 51.2 Å². The lowest BCUT2D eigenvalue weighted by Crippen LogP contribution is -2.33. The monoisotopic (exact) mass is 910 g/mol. The van der Waals surface area contributed by atoms with Gasteiger partial charge in [-0.1, -0.05) is 287 Å². The summed E-state index contributed by atoms with van der Waals surface area (Å²) in [5.41, 5.74) is 0.378. The van der Waals surface area contributed by atoms with Gasteiger partial charge in [-0.25, -0.2) is 4.79 Å². The number of carbonyl (C=O) groups is 1. The van der Waals surface area contributed by atoms with E-state index in [0.29, 0.717) is 5.41 Å². The van der Waals surface area contributed by atoms with Crippen LogP contribution in [0.15, 0.2) is 0 Å². The molecule has 0 saturated heterocycles. The number of aliphatic hydroxyl groups excluding tert-OH is 1. The lowest BCUT2D eigenvalue weighted by molar-refractivity contribution is -0.0521. The molecule has 0 aromatic heterocycles. The predicted molar refractivity (Wildman–Crippen MR) is 287 cm³/mol. The van der Waals surface area contributed by atoms with Gasteiger partial charge in [0.05, 0.1) is 5.60 Å². The fraction of sp³-hybridized carbons (Fsp3) is 0.983. The minimum Gasteiger partial charge on any atom is -0.465 e. The largest absolute Gasteiger partial charge is 0.465 e. The molecule has 0 aromatic rings. The first-order chi connectivity index (χ1) is 30.7. The summed E-state index contributed by atoms with van der Waals surface area (Å²) in [6.45, 7) is 23.8. The first-order valence-corrected chi connectivity index (χ1v) is 28.8. The highest BCUT2D eigenvalue weighted by Crippen LogP contribution is 2.36. The molecule has 0 aliphatic rings. The summed E-state index contributed by atoms with van der Waals surface area (Å²) in [5, 5.41) is 19.1. The number of ether oxygens (including phenoxy) is 1. The highest BCUT2D eigenvalue weighted by molar-refractivity contribution is 5.64. The number of aliphatic hydroxyl groups is 1. The van der Waals surface area contributed by atoms with Crippen molar-refractivity contribution in [2.75, 3.05) is 13.7 Å². The average molecular weight is 911 g/mol. The molecule has 0 unspecified atom stereocenters. The van der Waals surface area contributed by atoms with Gasteiger partial charge in [0.25, 0.3) is 0 Å². The van der Waals surface area contributed by atoms with Gasteiger partial charge in [0.15, 0.2) is 0 Å². The van der Waals surface area contributed by atoms with E-state index in [9.17, 15) is 9.90 Å². The molecule has 3 N–H and O–H groups in total. The summed E-state index contributed by atoms with van der Waals surface area (Å²) in [7, 11) is 1.00. The molecule has 0 spiro atoms. The van der Waals surface area contributed by atoms with E-state index in [1.807, 2.05) is 0 Å². The molecule has 0 saturated carbocycles. The maximum atomic E-state index is 11.3. The standard InChI is InChI=1S/C42H85NO2.C16H34O.CH4O/c1-3-5-7-9-11-13-15-17-19-21-23-25-27-29-31-33-35-37-39-41(43-42(44)45)40-38-36-34-32-30-28-26-24-22-20-18-16-14-12-10-8-6-4-2;1-13(2)9-10-17-16(7,8)12-15(5,6)11-14(3)4;1-2/h41,43H,3-40H2,1-2H3,(H,44,45);13-14H,9-12H2,1-8H3;2H,1H3. The van der Waals surface area contributed by atoms with Crippen molar-refractivity contribution in [1.82, 2.24) is 5.32 Å². The lowest BCUT2D eigenvalue weighted by Gasteiger charge is -2.36. The first kappa shape index (κ1) is 67.5. The van der Waals surface area contributed by atoms with Crippen LogP contribution in [0.2, 0.25) is 0 Å². The van der Waals surface area contributed by atoms with Crippen LogP contribution in [0.1, 0.15) is 332 Å². The number of nitrogens with one attached hydrogen (secondary N) is 1. The van der Waals surface area contributed by atoms with E-state index in [-0.39, 0.29) is 11.6 Å². The minimum absolute atomic E-state index is 0.00722. The van der Waals surface area contributed by atoms with Crippen molar-refractivity contribution in [2.24, 2.45) is 17.3 Å². The van der Waals surface area contributed by atoms with Crippen molar-refractivity contribution in [2.45, 2.75) is 344 Å². The average Bonchev–Trinajstić information content (AvgIpc) is 3.22. The summed E-state index contributed by atoms with van der Waals surface area (Å²) in [4.78, 5) is 11.3. The molecule has 0 radical (unpaired) electrons. The fourth-order valence-corrected chi connectivity index (χ4v) is 10.00. The van der Waals surface area contributed by atoms with E-state index in [4.69, 9.17) is 9.84 Å². The molecule has 0 aromatic carbocycles. The van der Waals surface area contributed by atoms with Crippen molar-refractivity contribution in [1.29, 1.82) is 0 Å². The molecule has 1 amide bonds. The lowest BCUT2D eigenvalue weighted by atomic mass is 9.76. The molecule has 5 nitrogen and oxygen atoms in total. The Labute approximate surface area is 404 Å². The second-order valence-corrected chi connectivity index (χ2v) is 22.5. The molecule has 5 heteroatoms. The number of hydrogen-bond donors (Lipinski definition) is 3. The quantitative estimate of drug-likeness (QED) is 0.0532. The van der Waals surface area contributed by atoms with Crippen LogP contribution in [0, 0.1) is 17.3 Å². The van der Waals surface area contributed by atoms with Crippen LogP contribution in [-0.2, 0) is 4.74 Å². The van der Waals surface area contributed by atoms with E-state index < -0.39 is 6.09 Å². The third kappa shape index (κ3) is 59.2. The van der Waals surface area contributed by atoms with Crippen molar-refractivity contribution in [3.05, 3.63) is 0 Å². The molecule has 388 valence electrons. The number of rotatable bonds is 47. The normalized spacial score (nSPS) is 11.9. The second-order valence-electron chi connectivity index (χ2n) is 22.5. The van der Waals surface area contributed by atoms with Gasteiger partial charge in [-0.15, -0.1) is 0 Å². The van der Waals surface area contributed by atoms with Crippen molar-refractivity contribution >= 4 is 6.09 Å². The van der Waals surface area contributed by atoms with Crippen molar-refractivity contribution < 1.29 is 19.7 Å².